The third kappa shape index (κ3) is 1.57. The fourth-order valence-corrected chi connectivity index (χ4v) is 1.82. The topological polar surface area (TPSA) is 12.9 Å². The van der Waals surface area contributed by atoms with Crippen molar-refractivity contribution >= 4 is 9.75 Å². The van der Waals surface area contributed by atoms with E-state index in [0.717, 1.165) is 5.03 Å². The molecule has 0 atom stereocenters. The Hall–Kier alpha value is 0.123. The van der Waals surface area contributed by atoms with Gasteiger partial charge in [-0.05, 0) is 0 Å². The van der Waals surface area contributed by atoms with Crippen LogP contribution in [0, 0.1) is 0 Å². The number of pyridine rings is 1. The molecule has 0 saturated carbocycles. The van der Waals surface area contributed by atoms with E-state index in [1.54, 1.807) is 9.75 Å². The first-order valence-corrected chi connectivity index (χ1v) is 6.88. The van der Waals surface area contributed by atoms with E-state index < -0.39 is 0 Å². The van der Waals surface area contributed by atoms with Crippen LogP contribution in [-0.2, 0) is 17.1 Å². The first-order chi connectivity index (χ1) is 3.93. The van der Waals surface area contributed by atoms with Gasteiger partial charge >= 0.3 is 61.2 Å². The van der Waals surface area contributed by atoms with Gasteiger partial charge in [-0.3, -0.25) is 0 Å². The van der Waals surface area contributed by atoms with Crippen molar-refractivity contribution in [2.24, 2.45) is 0 Å². The molecular weight excluding hydrogens is 107 g/mol. The molecule has 0 radical (unpaired) electrons. The van der Waals surface area contributed by atoms with Crippen LogP contribution in [0.3, 0.4) is 0 Å². The Morgan fingerprint density at radius 3 is 2.75 bits per heavy atom. The van der Waals surface area contributed by atoms with Gasteiger partial charge in [-0.15, -0.1) is 0 Å². The van der Waals surface area contributed by atoms with Gasteiger partial charge in [0.15, 0.2) is 0 Å². The second-order valence-corrected chi connectivity index (χ2v) is 3.84. The Labute approximate surface area is 61.4 Å². The molecule has 0 aromatic carbocycles. The number of rotatable bonds is 1. The van der Waals surface area contributed by atoms with Gasteiger partial charge in [0, 0.05) is 0 Å². The molecule has 1 nitrogen and oxygen atoms in total. The predicted molar refractivity (Wildman–Crippen MR) is 30.1 cm³/mol. The summed E-state index contributed by atoms with van der Waals surface area (Å²) in [5.41, 5.74) is 0. The molecule has 0 fully saturated rings. The summed E-state index contributed by atoms with van der Waals surface area (Å²) in [7, 11) is 1.78. The molecule has 0 aliphatic heterocycles. The molecule has 37 valence electrons. The normalized spacial score (nSPS) is 9.25. The number of hydrogen-bond donors (Lipinski definition) is 0. The Kier molecular flexibility index (Phi) is 2.51. The van der Waals surface area contributed by atoms with Gasteiger partial charge in [0.05, 0.1) is 0 Å². The summed E-state index contributed by atoms with van der Waals surface area (Å²) in [4.78, 5) is 4.09. The summed E-state index contributed by atoms with van der Waals surface area (Å²) >= 11 is 1.22. The quantitative estimate of drug-likeness (QED) is 0.511. The first-order valence-electron chi connectivity index (χ1n) is 2.26. The van der Waals surface area contributed by atoms with Crippen molar-refractivity contribution < 1.29 is 17.1 Å². The van der Waals surface area contributed by atoms with Gasteiger partial charge in [-0.2, -0.15) is 0 Å². The molecule has 1 aromatic rings. The SMILES string of the molecule is [1Zn][S]c1ccccn1. The van der Waals surface area contributed by atoms with Crippen molar-refractivity contribution in [1.29, 1.82) is 0 Å². The second-order valence-electron chi connectivity index (χ2n) is 1.31. The average Bonchev–Trinajstić information content (AvgIpc) is 1.90. The molecule has 0 N–H and O–H groups in total. The molecule has 0 aliphatic rings. The molecular formula is C5H4NSZn. The number of nitrogens with zero attached hydrogens (tertiary/aromatic N) is 1. The van der Waals surface area contributed by atoms with Crippen LogP contribution in [0.4, 0.5) is 0 Å². The van der Waals surface area contributed by atoms with Gasteiger partial charge in [0.1, 0.15) is 0 Å². The van der Waals surface area contributed by atoms with Gasteiger partial charge in [-0.25, -0.2) is 0 Å². The monoisotopic (exact) mass is 111 g/mol. The number of hydrogen-bond acceptors (Lipinski definition) is 2. The Morgan fingerprint density at radius 2 is 2.38 bits per heavy atom. The van der Waals surface area contributed by atoms with Crippen LogP contribution in [0.5, 0.6) is 0 Å². The Balaban J connectivity index is 2.83. The minimum atomic E-state index is 1.13. The van der Waals surface area contributed by atoms with Crippen LogP contribution < -0.4 is 0 Å². The molecule has 3 heteroatoms. The third-order valence-corrected chi connectivity index (χ3v) is 3.18. The summed E-state index contributed by atoms with van der Waals surface area (Å²) in [5, 5.41) is 1.13. The van der Waals surface area contributed by atoms with Crippen molar-refractivity contribution in [3.05, 3.63) is 24.4 Å². The van der Waals surface area contributed by atoms with Gasteiger partial charge in [-0.1, -0.05) is 0 Å². The average molecular weight is 111 g/mol. The third-order valence-electron chi connectivity index (χ3n) is 0.786. The molecule has 1 heterocycles. The standard InChI is InChI=1S/C5H5NS.Zn/c7-5-3-1-2-4-6-5;/h1-4H,(H,6,7);/q;+1/p-1/i;1-64. The molecule has 0 bridgehead atoms. The molecule has 0 aliphatic carbocycles. The van der Waals surface area contributed by atoms with E-state index in [2.05, 4.69) is 4.98 Å². The summed E-state index contributed by atoms with van der Waals surface area (Å²) in [6.07, 6.45) is 1.82. The van der Waals surface area contributed by atoms with E-state index in [1.165, 1.54) is 17.1 Å². The summed E-state index contributed by atoms with van der Waals surface area (Å²) < 4.78 is 0. The first kappa shape index (κ1) is 6.25. The van der Waals surface area contributed by atoms with Crippen molar-refractivity contribution in [2.45, 2.75) is 5.03 Å². The van der Waals surface area contributed by atoms with Crippen LogP contribution in [0.25, 0.3) is 0 Å². The van der Waals surface area contributed by atoms with E-state index in [4.69, 9.17) is 0 Å². The Bertz CT molecular complexity index is 154. The van der Waals surface area contributed by atoms with E-state index >= 15 is 0 Å². The maximum absolute atomic E-state index is 4.09. The molecule has 1 aromatic heterocycles. The van der Waals surface area contributed by atoms with Crippen LogP contribution in [0.1, 0.15) is 0 Å². The van der Waals surface area contributed by atoms with E-state index in [9.17, 15) is 0 Å². The fourth-order valence-electron chi connectivity index (χ4n) is 0.432. The molecule has 0 saturated heterocycles. The maximum atomic E-state index is 4.09. The van der Waals surface area contributed by atoms with E-state index in [-0.39, 0.29) is 0 Å². The number of aromatic nitrogens is 1. The van der Waals surface area contributed by atoms with Gasteiger partial charge < -0.3 is 0 Å². The van der Waals surface area contributed by atoms with Crippen LogP contribution in [0.2, 0.25) is 0 Å². The predicted octanol–water partition coefficient (Wildman–Crippen LogP) is 1.64. The van der Waals surface area contributed by atoms with Crippen molar-refractivity contribution in [3.63, 3.8) is 0 Å². The van der Waals surface area contributed by atoms with Crippen LogP contribution in [0.15, 0.2) is 29.4 Å². The zero-order valence-electron chi connectivity index (χ0n) is 4.37. The summed E-state index contributed by atoms with van der Waals surface area (Å²) in [6.45, 7) is 0. The van der Waals surface area contributed by atoms with Gasteiger partial charge in [0.25, 0.3) is 0 Å². The molecule has 0 amide bonds. The fraction of sp³-hybridized carbons (Fsp3) is 0. The molecule has 0 spiro atoms. The van der Waals surface area contributed by atoms with E-state index in [0.29, 0.717) is 0 Å². The molecule has 8 heavy (non-hydrogen) atoms. The van der Waals surface area contributed by atoms with Gasteiger partial charge in [0.2, 0.25) is 0 Å². The van der Waals surface area contributed by atoms with E-state index in [1.807, 2.05) is 24.4 Å². The summed E-state index contributed by atoms with van der Waals surface area (Å²) in [5.74, 6) is 0. The zero-order chi connectivity index (χ0) is 5.82. The zero-order valence-corrected chi connectivity index (χ0v) is 8.16. The second kappa shape index (κ2) is 3.21. The molecule has 1 rings (SSSR count). The molecule has 0 unspecified atom stereocenters. The van der Waals surface area contributed by atoms with Crippen molar-refractivity contribution in [1.82, 2.24) is 4.98 Å². The van der Waals surface area contributed by atoms with Crippen molar-refractivity contribution in [3.8, 4) is 0 Å². The Morgan fingerprint density at radius 1 is 1.50 bits per heavy atom. The van der Waals surface area contributed by atoms with Crippen molar-refractivity contribution in [2.75, 3.05) is 0 Å². The van der Waals surface area contributed by atoms with Crippen LogP contribution >= 0.6 is 9.75 Å². The summed E-state index contributed by atoms with van der Waals surface area (Å²) in [6, 6.07) is 5.96. The minimum absolute atomic E-state index is 1.13. The van der Waals surface area contributed by atoms with Crippen LogP contribution in [-0.4, -0.2) is 4.98 Å².